The van der Waals surface area contributed by atoms with Crippen molar-refractivity contribution < 1.29 is 24.2 Å². The number of phenolic OH excluding ortho intramolecular Hbond substituents is 1. The molecule has 3 N–H and O–H groups in total. The number of hydrogen-bond acceptors (Lipinski definition) is 5. The molecule has 0 atom stereocenters. The van der Waals surface area contributed by atoms with E-state index in [0.717, 1.165) is 0 Å². The van der Waals surface area contributed by atoms with E-state index < -0.39 is 11.8 Å². The van der Waals surface area contributed by atoms with Gasteiger partial charge in [0.1, 0.15) is 11.4 Å². The summed E-state index contributed by atoms with van der Waals surface area (Å²) in [5.41, 5.74) is 0.882. The topological polar surface area (TPSA) is 96.9 Å². The molecule has 0 unspecified atom stereocenters. The highest BCUT2D eigenvalue weighted by atomic mass is 16.5. The van der Waals surface area contributed by atoms with E-state index in [1.807, 2.05) is 0 Å². The van der Waals surface area contributed by atoms with Crippen LogP contribution in [0, 0.1) is 0 Å². The number of amides is 2. The Labute approximate surface area is 151 Å². The first-order valence-electron chi connectivity index (χ1n) is 7.75. The molecule has 136 valence electrons. The van der Waals surface area contributed by atoms with Gasteiger partial charge in [-0.1, -0.05) is 18.2 Å². The van der Waals surface area contributed by atoms with Crippen LogP contribution in [-0.2, 0) is 9.59 Å². The van der Waals surface area contributed by atoms with E-state index in [4.69, 9.17) is 9.47 Å². The third kappa shape index (κ3) is 4.76. The van der Waals surface area contributed by atoms with Gasteiger partial charge in [-0.3, -0.25) is 9.59 Å². The Kier molecular flexibility index (Phi) is 6.21. The lowest BCUT2D eigenvalue weighted by Crippen LogP contribution is -2.28. The second-order valence-corrected chi connectivity index (χ2v) is 5.32. The number of carbonyl (C=O) groups is 2. The second-order valence-electron chi connectivity index (χ2n) is 5.32. The fourth-order valence-corrected chi connectivity index (χ4v) is 2.23. The number of rotatable bonds is 6. The highest BCUT2D eigenvalue weighted by Crippen LogP contribution is 2.28. The maximum absolute atomic E-state index is 12.5. The van der Waals surface area contributed by atoms with Crippen LogP contribution in [0.5, 0.6) is 17.2 Å². The minimum absolute atomic E-state index is 0.0213. The van der Waals surface area contributed by atoms with Crippen molar-refractivity contribution in [1.82, 2.24) is 5.32 Å². The molecular formula is C19H20N2O5. The van der Waals surface area contributed by atoms with Crippen molar-refractivity contribution in [3.05, 3.63) is 53.7 Å². The normalized spacial score (nSPS) is 10.8. The van der Waals surface area contributed by atoms with Crippen LogP contribution in [0.25, 0.3) is 6.08 Å². The van der Waals surface area contributed by atoms with Crippen LogP contribution in [0.1, 0.15) is 12.5 Å². The number of methoxy groups -OCH3 is 2. The van der Waals surface area contributed by atoms with Gasteiger partial charge >= 0.3 is 0 Å². The number of para-hydroxylation sites is 2. The molecule has 0 aliphatic rings. The van der Waals surface area contributed by atoms with E-state index in [1.165, 1.54) is 33.3 Å². The largest absolute Gasteiger partial charge is 0.506 e. The fraction of sp³-hybridized carbons (Fsp3) is 0.158. The summed E-state index contributed by atoms with van der Waals surface area (Å²) in [7, 11) is 3.03. The molecule has 0 saturated heterocycles. The summed E-state index contributed by atoms with van der Waals surface area (Å²) in [6.45, 7) is 1.30. The van der Waals surface area contributed by atoms with E-state index in [1.54, 1.807) is 36.4 Å². The van der Waals surface area contributed by atoms with Gasteiger partial charge in [0.25, 0.3) is 5.91 Å². The average Bonchev–Trinajstić information content (AvgIpc) is 2.62. The Bertz CT molecular complexity index is 846. The molecule has 2 aromatic carbocycles. The molecule has 0 aliphatic heterocycles. The molecule has 0 spiro atoms. The quantitative estimate of drug-likeness (QED) is 0.546. The van der Waals surface area contributed by atoms with Crippen molar-refractivity contribution in [2.24, 2.45) is 0 Å². The fourth-order valence-electron chi connectivity index (χ4n) is 2.23. The standard InChI is InChI=1S/C19H20N2O5/c1-12(22)20-15(19(24)21-14-6-4-5-7-16(14)23)10-13-8-9-17(25-2)18(11-13)26-3/h4-11,23H,1-3H3,(H,20,22)(H,21,24)/b15-10-. The van der Waals surface area contributed by atoms with Crippen molar-refractivity contribution in [3.8, 4) is 17.2 Å². The van der Waals surface area contributed by atoms with Crippen LogP contribution in [0.3, 0.4) is 0 Å². The summed E-state index contributed by atoms with van der Waals surface area (Å²) >= 11 is 0. The molecule has 0 saturated carbocycles. The first-order chi connectivity index (χ1) is 12.4. The van der Waals surface area contributed by atoms with E-state index in [-0.39, 0.29) is 17.1 Å². The average molecular weight is 356 g/mol. The van der Waals surface area contributed by atoms with Crippen LogP contribution in [0.15, 0.2) is 48.2 Å². The Balaban J connectivity index is 2.34. The van der Waals surface area contributed by atoms with Gasteiger partial charge in [-0.25, -0.2) is 0 Å². The van der Waals surface area contributed by atoms with Crippen molar-refractivity contribution in [2.45, 2.75) is 6.92 Å². The third-order valence-electron chi connectivity index (χ3n) is 3.43. The van der Waals surface area contributed by atoms with Crippen molar-refractivity contribution in [2.75, 3.05) is 19.5 Å². The van der Waals surface area contributed by atoms with Crippen LogP contribution in [0.2, 0.25) is 0 Å². The molecule has 7 nitrogen and oxygen atoms in total. The van der Waals surface area contributed by atoms with Crippen LogP contribution >= 0.6 is 0 Å². The summed E-state index contributed by atoms with van der Waals surface area (Å²) < 4.78 is 10.4. The molecule has 2 aromatic rings. The second kappa shape index (κ2) is 8.57. The summed E-state index contributed by atoms with van der Waals surface area (Å²) in [5.74, 6) is -0.0105. The summed E-state index contributed by atoms with van der Waals surface area (Å²) in [6, 6.07) is 11.4. The maximum Gasteiger partial charge on any atom is 0.272 e. The van der Waals surface area contributed by atoms with Gasteiger partial charge < -0.3 is 25.2 Å². The molecule has 2 amide bonds. The zero-order valence-corrected chi connectivity index (χ0v) is 14.7. The Hall–Kier alpha value is -3.48. The lowest BCUT2D eigenvalue weighted by Gasteiger charge is -2.12. The highest BCUT2D eigenvalue weighted by Gasteiger charge is 2.14. The molecule has 0 aliphatic carbocycles. The first-order valence-corrected chi connectivity index (χ1v) is 7.75. The maximum atomic E-state index is 12.5. The highest BCUT2D eigenvalue weighted by molar-refractivity contribution is 6.09. The van der Waals surface area contributed by atoms with Crippen LogP contribution < -0.4 is 20.1 Å². The number of aromatic hydroxyl groups is 1. The third-order valence-corrected chi connectivity index (χ3v) is 3.43. The number of carbonyl (C=O) groups excluding carboxylic acids is 2. The lowest BCUT2D eigenvalue weighted by atomic mass is 10.1. The van der Waals surface area contributed by atoms with E-state index in [2.05, 4.69) is 10.6 Å². The molecular weight excluding hydrogens is 336 g/mol. The number of ether oxygens (including phenoxy) is 2. The zero-order chi connectivity index (χ0) is 19.1. The van der Waals surface area contributed by atoms with Gasteiger partial charge in [-0.05, 0) is 35.9 Å². The van der Waals surface area contributed by atoms with Gasteiger partial charge in [0.05, 0.1) is 19.9 Å². The van der Waals surface area contributed by atoms with Crippen molar-refractivity contribution >= 4 is 23.6 Å². The Morgan fingerprint density at radius 1 is 1.04 bits per heavy atom. The Morgan fingerprint density at radius 2 is 1.73 bits per heavy atom. The van der Waals surface area contributed by atoms with Gasteiger partial charge in [0.15, 0.2) is 11.5 Å². The van der Waals surface area contributed by atoms with Gasteiger partial charge in [-0.2, -0.15) is 0 Å². The molecule has 2 rings (SSSR count). The van der Waals surface area contributed by atoms with E-state index in [9.17, 15) is 14.7 Å². The van der Waals surface area contributed by atoms with Crippen molar-refractivity contribution in [3.63, 3.8) is 0 Å². The van der Waals surface area contributed by atoms with Gasteiger partial charge in [-0.15, -0.1) is 0 Å². The summed E-state index contributed by atoms with van der Waals surface area (Å²) in [6.07, 6.45) is 1.50. The molecule has 0 fully saturated rings. The SMILES string of the molecule is COc1ccc(/C=C(\NC(C)=O)C(=O)Nc2ccccc2O)cc1OC. The number of benzene rings is 2. The molecule has 0 radical (unpaired) electrons. The zero-order valence-electron chi connectivity index (χ0n) is 14.7. The number of phenols is 1. The molecule has 26 heavy (non-hydrogen) atoms. The smallest absolute Gasteiger partial charge is 0.272 e. The van der Waals surface area contributed by atoms with Crippen LogP contribution in [-0.4, -0.2) is 31.1 Å². The molecule has 0 bridgehead atoms. The Morgan fingerprint density at radius 3 is 2.35 bits per heavy atom. The monoisotopic (exact) mass is 356 g/mol. The lowest BCUT2D eigenvalue weighted by molar-refractivity contribution is -0.120. The first kappa shape index (κ1) is 18.9. The number of nitrogens with one attached hydrogen (secondary N) is 2. The van der Waals surface area contributed by atoms with E-state index in [0.29, 0.717) is 17.1 Å². The van der Waals surface area contributed by atoms with Gasteiger partial charge in [0.2, 0.25) is 5.91 Å². The molecule has 0 aromatic heterocycles. The minimum atomic E-state index is -0.573. The van der Waals surface area contributed by atoms with E-state index >= 15 is 0 Å². The van der Waals surface area contributed by atoms with Gasteiger partial charge in [0, 0.05) is 6.92 Å². The number of hydrogen-bond donors (Lipinski definition) is 3. The minimum Gasteiger partial charge on any atom is -0.506 e. The van der Waals surface area contributed by atoms with Crippen molar-refractivity contribution in [1.29, 1.82) is 0 Å². The summed E-state index contributed by atoms with van der Waals surface area (Å²) in [4.78, 5) is 24.0. The predicted molar refractivity (Wildman–Crippen MR) is 98.1 cm³/mol. The van der Waals surface area contributed by atoms with Crippen LogP contribution in [0.4, 0.5) is 5.69 Å². The predicted octanol–water partition coefficient (Wildman–Crippen LogP) is 2.53. The molecule has 7 heteroatoms. The molecule has 0 heterocycles. The number of anilines is 1. The summed E-state index contributed by atoms with van der Waals surface area (Å²) in [5, 5.41) is 14.8.